The fraction of sp³-hybridized carbons (Fsp3) is 0.529. The van der Waals surface area contributed by atoms with Gasteiger partial charge in [-0.2, -0.15) is 0 Å². The van der Waals surface area contributed by atoms with E-state index >= 15 is 0 Å². The van der Waals surface area contributed by atoms with Gasteiger partial charge >= 0.3 is 0 Å². The van der Waals surface area contributed by atoms with Crippen molar-refractivity contribution in [3.63, 3.8) is 0 Å². The summed E-state index contributed by atoms with van der Waals surface area (Å²) in [6.07, 6.45) is 0.760. The average molecular weight is 306 g/mol. The molecular formula is C17H26N2O3. The second-order valence-corrected chi connectivity index (χ2v) is 6.06. The molecule has 122 valence electrons. The van der Waals surface area contributed by atoms with Gasteiger partial charge in [0.05, 0.1) is 11.3 Å². The first-order valence-electron chi connectivity index (χ1n) is 7.62. The Morgan fingerprint density at radius 2 is 1.86 bits per heavy atom. The summed E-state index contributed by atoms with van der Waals surface area (Å²) in [5.74, 6) is -0.314. The molecule has 0 spiro atoms. The molecule has 0 aromatic heterocycles. The molecule has 1 aromatic rings. The number of carbonyl (C=O) groups is 2. The minimum absolute atomic E-state index is 0.121. The van der Waals surface area contributed by atoms with Crippen molar-refractivity contribution in [2.75, 3.05) is 25.1 Å². The van der Waals surface area contributed by atoms with E-state index in [1.165, 1.54) is 0 Å². The van der Waals surface area contributed by atoms with Gasteiger partial charge in [0, 0.05) is 25.2 Å². The third-order valence-electron chi connectivity index (χ3n) is 3.06. The van der Waals surface area contributed by atoms with Crippen LogP contribution >= 0.6 is 0 Å². The van der Waals surface area contributed by atoms with Crippen LogP contribution in [0.4, 0.5) is 5.69 Å². The number of hydrogen-bond acceptors (Lipinski definition) is 3. The molecule has 22 heavy (non-hydrogen) atoms. The van der Waals surface area contributed by atoms with E-state index in [1.807, 2.05) is 27.7 Å². The molecule has 0 fully saturated rings. The van der Waals surface area contributed by atoms with Crippen molar-refractivity contribution >= 4 is 17.5 Å². The molecule has 0 atom stereocenters. The highest BCUT2D eigenvalue weighted by Gasteiger charge is 2.22. The molecule has 5 nitrogen and oxygen atoms in total. The van der Waals surface area contributed by atoms with Crippen LogP contribution in [-0.4, -0.2) is 31.6 Å². The van der Waals surface area contributed by atoms with Crippen LogP contribution in [0.5, 0.6) is 0 Å². The van der Waals surface area contributed by atoms with E-state index in [9.17, 15) is 9.59 Å². The standard InChI is InChI=1S/C17H26N2O3/c1-5-22-12-8-11-18-15(20)13-9-6-7-10-14(13)19-16(21)17(2,3)4/h6-7,9-10H,5,8,11-12H2,1-4H3,(H,18,20)(H,19,21). The Kier molecular flexibility index (Phi) is 7.05. The number of para-hydroxylation sites is 1. The Morgan fingerprint density at radius 1 is 1.18 bits per heavy atom. The van der Waals surface area contributed by atoms with Crippen molar-refractivity contribution < 1.29 is 14.3 Å². The quantitative estimate of drug-likeness (QED) is 0.761. The van der Waals surface area contributed by atoms with Crippen LogP contribution in [0.2, 0.25) is 0 Å². The normalized spacial score (nSPS) is 11.1. The van der Waals surface area contributed by atoms with Crippen molar-refractivity contribution in [1.82, 2.24) is 5.32 Å². The zero-order valence-corrected chi connectivity index (χ0v) is 13.9. The van der Waals surface area contributed by atoms with Gasteiger partial charge in [0.25, 0.3) is 5.91 Å². The molecule has 0 saturated carbocycles. The lowest BCUT2D eigenvalue weighted by Gasteiger charge is -2.19. The lowest BCUT2D eigenvalue weighted by Crippen LogP contribution is -2.30. The number of hydrogen-bond donors (Lipinski definition) is 2. The van der Waals surface area contributed by atoms with Crippen LogP contribution < -0.4 is 10.6 Å². The first kappa shape index (κ1) is 18.2. The molecule has 1 aromatic carbocycles. The van der Waals surface area contributed by atoms with E-state index in [1.54, 1.807) is 24.3 Å². The second kappa shape index (κ2) is 8.54. The lowest BCUT2D eigenvalue weighted by molar-refractivity contribution is -0.123. The Bertz CT molecular complexity index is 507. The Balaban J connectivity index is 2.67. The number of carbonyl (C=O) groups excluding carboxylic acids is 2. The highest BCUT2D eigenvalue weighted by molar-refractivity contribution is 6.04. The largest absolute Gasteiger partial charge is 0.382 e. The van der Waals surface area contributed by atoms with Crippen molar-refractivity contribution in [2.45, 2.75) is 34.1 Å². The maximum Gasteiger partial charge on any atom is 0.253 e. The molecule has 2 N–H and O–H groups in total. The fourth-order valence-electron chi connectivity index (χ4n) is 1.72. The molecule has 0 aliphatic heterocycles. The molecule has 0 aliphatic rings. The van der Waals surface area contributed by atoms with E-state index in [4.69, 9.17) is 4.74 Å². The molecule has 0 heterocycles. The number of amides is 2. The average Bonchev–Trinajstić information content (AvgIpc) is 2.46. The molecule has 0 radical (unpaired) electrons. The minimum atomic E-state index is -0.513. The molecule has 0 unspecified atom stereocenters. The van der Waals surface area contributed by atoms with Crippen LogP contribution in [0.25, 0.3) is 0 Å². The molecule has 2 amide bonds. The molecule has 1 rings (SSSR count). The van der Waals surface area contributed by atoms with Gasteiger partial charge in [0.1, 0.15) is 0 Å². The maximum absolute atomic E-state index is 12.2. The van der Waals surface area contributed by atoms with Crippen LogP contribution in [0.15, 0.2) is 24.3 Å². The Labute approximate surface area is 132 Å². The van der Waals surface area contributed by atoms with Crippen LogP contribution in [0.1, 0.15) is 44.5 Å². The van der Waals surface area contributed by atoms with Crippen molar-refractivity contribution in [3.8, 4) is 0 Å². The van der Waals surface area contributed by atoms with Crippen LogP contribution in [0, 0.1) is 5.41 Å². The summed E-state index contributed by atoms with van der Waals surface area (Å²) in [6, 6.07) is 7.01. The van der Waals surface area contributed by atoms with Crippen LogP contribution in [-0.2, 0) is 9.53 Å². The summed E-state index contributed by atoms with van der Waals surface area (Å²) in [7, 11) is 0. The molecule has 0 saturated heterocycles. The number of nitrogens with one attached hydrogen (secondary N) is 2. The first-order valence-corrected chi connectivity index (χ1v) is 7.62. The van der Waals surface area contributed by atoms with Gasteiger partial charge in [0.2, 0.25) is 5.91 Å². The third kappa shape index (κ3) is 5.85. The van der Waals surface area contributed by atoms with Gasteiger partial charge in [-0.25, -0.2) is 0 Å². The van der Waals surface area contributed by atoms with Crippen LogP contribution in [0.3, 0.4) is 0 Å². The van der Waals surface area contributed by atoms with E-state index < -0.39 is 5.41 Å². The smallest absolute Gasteiger partial charge is 0.253 e. The second-order valence-electron chi connectivity index (χ2n) is 6.06. The zero-order valence-electron chi connectivity index (χ0n) is 13.9. The molecular weight excluding hydrogens is 280 g/mol. The highest BCUT2D eigenvalue weighted by atomic mass is 16.5. The minimum Gasteiger partial charge on any atom is -0.382 e. The highest BCUT2D eigenvalue weighted by Crippen LogP contribution is 2.20. The Hall–Kier alpha value is -1.88. The summed E-state index contributed by atoms with van der Waals surface area (Å²) in [5.41, 5.74) is 0.488. The van der Waals surface area contributed by atoms with E-state index in [0.29, 0.717) is 31.0 Å². The lowest BCUT2D eigenvalue weighted by atomic mass is 9.95. The van der Waals surface area contributed by atoms with E-state index in [2.05, 4.69) is 10.6 Å². The van der Waals surface area contributed by atoms with Gasteiger partial charge in [-0.05, 0) is 25.5 Å². The number of anilines is 1. The summed E-state index contributed by atoms with van der Waals surface area (Å²) >= 11 is 0. The first-order chi connectivity index (χ1) is 10.4. The van der Waals surface area contributed by atoms with Gasteiger partial charge in [-0.1, -0.05) is 32.9 Å². The third-order valence-corrected chi connectivity index (χ3v) is 3.06. The number of ether oxygens (including phenoxy) is 1. The van der Waals surface area contributed by atoms with Gasteiger partial charge in [-0.15, -0.1) is 0 Å². The Morgan fingerprint density at radius 3 is 2.50 bits per heavy atom. The summed E-state index contributed by atoms with van der Waals surface area (Å²) in [4.78, 5) is 24.3. The summed E-state index contributed by atoms with van der Waals surface area (Å²) in [6.45, 7) is 9.28. The summed E-state index contributed by atoms with van der Waals surface area (Å²) in [5, 5.41) is 5.66. The zero-order chi connectivity index (χ0) is 16.6. The van der Waals surface area contributed by atoms with Crippen molar-refractivity contribution in [1.29, 1.82) is 0 Å². The predicted molar refractivity (Wildman–Crippen MR) is 88.0 cm³/mol. The molecule has 5 heteroatoms. The summed E-state index contributed by atoms with van der Waals surface area (Å²) < 4.78 is 5.23. The molecule has 0 bridgehead atoms. The van der Waals surface area contributed by atoms with E-state index in [0.717, 1.165) is 6.42 Å². The van der Waals surface area contributed by atoms with Gasteiger partial charge in [-0.3, -0.25) is 9.59 Å². The monoisotopic (exact) mass is 306 g/mol. The fourth-order valence-corrected chi connectivity index (χ4v) is 1.72. The topological polar surface area (TPSA) is 67.4 Å². The van der Waals surface area contributed by atoms with Crippen molar-refractivity contribution in [2.24, 2.45) is 5.41 Å². The SMILES string of the molecule is CCOCCCNC(=O)c1ccccc1NC(=O)C(C)(C)C. The number of rotatable bonds is 7. The number of benzene rings is 1. The molecule has 0 aliphatic carbocycles. The van der Waals surface area contributed by atoms with Gasteiger partial charge < -0.3 is 15.4 Å². The maximum atomic E-state index is 12.2. The predicted octanol–water partition coefficient (Wildman–Crippen LogP) is 2.83. The van der Waals surface area contributed by atoms with Gasteiger partial charge in [0.15, 0.2) is 0 Å². The van der Waals surface area contributed by atoms with Crippen molar-refractivity contribution in [3.05, 3.63) is 29.8 Å². The van der Waals surface area contributed by atoms with E-state index in [-0.39, 0.29) is 11.8 Å².